The van der Waals surface area contributed by atoms with Crippen molar-refractivity contribution in [1.82, 2.24) is 5.32 Å². The molecule has 0 aliphatic carbocycles. The minimum absolute atomic E-state index is 0.189. The summed E-state index contributed by atoms with van der Waals surface area (Å²) in [6.07, 6.45) is 0. The highest BCUT2D eigenvalue weighted by Gasteiger charge is 2.27. The Morgan fingerprint density at radius 3 is 2.15 bits per heavy atom. The van der Waals surface area contributed by atoms with Crippen LogP contribution in [0.4, 0.5) is 16.4 Å². The molecule has 1 amide bonds. The Bertz CT molecular complexity index is 1320. The number of thiophene rings is 1. The van der Waals surface area contributed by atoms with Crippen LogP contribution < -0.4 is 16.4 Å². The first kappa shape index (κ1) is 23.3. The minimum Gasteiger partial charge on any atom is -0.397 e. The number of nitrogens with one attached hydrogen (secondary N) is 2. The highest BCUT2D eigenvalue weighted by atomic mass is 32.1. The lowest BCUT2D eigenvalue weighted by molar-refractivity contribution is 0.0953. The number of anilines is 3. The monoisotopic (exact) mass is 469 g/mol. The second-order valence-corrected chi connectivity index (χ2v) is 9.32. The Kier molecular flexibility index (Phi) is 6.80. The van der Waals surface area contributed by atoms with Crippen LogP contribution in [0.1, 0.15) is 47.8 Å². The van der Waals surface area contributed by atoms with Gasteiger partial charge in [0.15, 0.2) is 0 Å². The van der Waals surface area contributed by atoms with E-state index >= 15 is 0 Å². The molecular formula is C28H27N3O2S. The predicted octanol–water partition coefficient (Wildman–Crippen LogP) is 6.16. The van der Waals surface area contributed by atoms with Gasteiger partial charge < -0.3 is 16.4 Å². The maximum atomic E-state index is 13.3. The molecule has 6 heteroatoms. The van der Waals surface area contributed by atoms with Gasteiger partial charge in [0.1, 0.15) is 9.88 Å². The third-order valence-electron chi connectivity index (χ3n) is 5.71. The number of ketones is 1. The van der Waals surface area contributed by atoms with Gasteiger partial charge in [0.2, 0.25) is 5.78 Å². The zero-order valence-electron chi connectivity index (χ0n) is 19.4. The van der Waals surface area contributed by atoms with Crippen molar-refractivity contribution in [1.29, 1.82) is 0 Å². The molecule has 3 aromatic carbocycles. The van der Waals surface area contributed by atoms with Crippen molar-refractivity contribution in [2.24, 2.45) is 0 Å². The molecule has 0 saturated carbocycles. The van der Waals surface area contributed by atoms with Gasteiger partial charge in [-0.15, -0.1) is 11.3 Å². The SMILES string of the molecule is Cc1ccc(CNC(=O)c2c(Nc3c(C)cccc3C)sc(C(=O)c3ccccc3)c2N)cc1. The van der Waals surface area contributed by atoms with E-state index in [2.05, 4.69) is 10.6 Å². The molecule has 4 rings (SSSR count). The standard InChI is InChI=1S/C28H27N3O2S/c1-17-12-14-20(15-13-17)16-30-27(33)22-23(29)26(25(32)21-10-5-4-6-11-21)34-28(22)31-24-18(2)8-7-9-19(24)3/h4-15,31H,16,29H2,1-3H3,(H,30,33). The Morgan fingerprint density at radius 1 is 0.853 bits per heavy atom. The van der Waals surface area contributed by atoms with E-state index in [9.17, 15) is 9.59 Å². The highest BCUT2D eigenvalue weighted by Crippen LogP contribution is 2.40. The summed E-state index contributed by atoms with van der Waals surface area (Å²) in [6, 6.07) is 22.9. The summed E-state index contributed by atoms with van der Waals surface area (Å²) in [6.45, 7) is 6.38. The summed E-state index contributed by atoms with van der Waals surface area (Å²) in [5.41, 5.74) is 12.6. The van der Waals surface area contributed by atoms with E-state index in [1.807, 2.05) is 81.4 Å². The molecule has 0 radical (unpaired) electrons. The van der Waals surface area contributed by atoms with E-state index in [1.54, 1.807) is 12.1 Å². The van der Waals surface area contributed by atoms with Crippen LogP contribution in [0.15, 0.2) is 72.8 Å². The molecule has 0 saturated heterocycles. The molecule has 172 valence electrons. The summed E-state index contributed by atoms with van der Waals surface area (Å²) in [4.78, 5) is 26.9. The highest BCUT2D eigenvalue weighted by molar-refractivity contribution is 7.19. The average Bonchev–Trinajstić information content (AvgIpc) is 3.16. The van der Waals surface area contributed by atoms with Gasteiger partial charge in [0.05, 0.1) is 11.3 Å². The maximum Gasteiger partial charge on any atom is 0.256 e. The zero-order chi connectivity index (χ0) is 24.2. The smallest absolute Gasteiger partial charge is 0.256 e. The molecule has 0 aliphatic rings. The van der Waals surface area contributed by atoms with Gasteiger partial charge in [-0.05, 0) is 37.5 Å². The molecular weight excluding hydrogens is 442 g/mol. The topological polar surface area (TPSA) is 84.2 Å². The fourth-order valence-electron chi connectivity index (χ4n) is 3.75. The summed E-state index contributed by atoms with van der Waals surface area (Å²) >= 11 is 1.21. The number of benzene rings is 3. The van der Waals surface area contributed by atoms with Crippen molar-refractivity contribution in [3.05, 3.63) is 111 Å². The van der Waals surface area contributed by atoms with Gasteiger partial charge in [-0.1, -0.05) is 78.4 Å². The Morgan fingerprint density at radius 2 is 1.50 bits per heavy atom. The van der Waals surface area contributed by atoms with E-state index in [1.165, 1.54) is 11.3 Å². The number of hydrogen-bond acceptors (Lipinski definition) is 5. The number of aryl methyl sites for hydroxylation is 3. The van der Waals surface area contributed by atoms with E-state index in [0.29, 0.717) is 27.5 Å². The average molecular weight is 470 g/mol. The Hall–Kier alpha value is -3.90. The number of nitrogens with two attached hydrogens (primary N) is 1. The van der Waals surface area contributed by atoms with Crippen molar-refractivity contribution < 1.29 is 9.59 Å². The zero-order valence-corrected chi connectivity index (χ0v) is 20.3. The summed E-state index contributed by atoms with van der Waals surface area (Å²) in [5, 5.41) is 6.90. The second kappa shape index (κ2) is 9.93. The van der Waals surface area contributed by atoms with Gasteiger partial charge in [-0.3, -0.25) is 9.59 Å². The van der Waals surface area contributed by atoms with Gasteiger partial charge in [0, 0.05) is 17.8 Å². The van der Waals surface area contributed by atoms with E-state index < -0.39 is 0 Å². The summed E-state index contributed by atoms with van der Waals surface area (Å²) in [7, 11) is 0. The number of rotatable bonds is 7. The van der Waals surface area contributed by atoms with E-state index in [-0.39, 0.29) is 17.4 Å². The molecule has 4 aromatic rings. The Labute approximate surface area is 203 Å². The lowest BCUT2D eigenvalue weighted by Gasteiger charge is -2.13. The van der Waals surface area contributed by atoms with Crippen molar-refractivity contribution in [2.75, 3.05) is 11.1 Å². The normalized spacial score (nSPS) is 10.7. The summed E-state index contributed by atoms with van der Waals surface area (Å²) < 4.78 is 0. The van der Waals surface area contributed by atoms with Crippen molar-refractivity contribution >= 4 is 39.4 Å². The molecule has 5 nitrogen and oxygen atoms in total. The molecule has 0 aliphatic heterocycles. The lowest BCUT2D eigenvalue weighted by atomic mass is 10.1. The van der Waals surface area contributed by atoms with Crippen molar-refractivity contribution in [3.8, 4) is 0 Å². The van der Waals surface area contributed by atoms with Crippen LogP contribution in [-0.4, -0.2) is 11.7 Å². The second-order valence-electron chi connectivity index (χ2n) is 8.30. The molecule has 0 bridgehead atoms. The van der Waals surface area contributed by atoms with Gasteiger partial charge >= 0.3 is 0 Å². The maximum absolute atomic E-state index is 13.3. The largest absolute Gasteiger partial charge is 0.397 e. The van der Waals surface area contributed by atoms with Crippen LogP contribution in [0.3, 0.4) is 0 Å². The van der Waals surface area contributed by atoms with E-state index in [4.69, 9.17) is 5.73 Å². The molecule has 0 fully saturated rings. The molecule has 34 heavy (non-hydrogen) atoms. The minimum atomic E-state index is -0.324. The molecule has 0 atom stereocenters. The number of carbonyl (C=O) groups is 2. The van der Waals surface area contributed by atoms with Gasteiger partial charge in [-0.25, -0.2) is 0 Å². The number of para-hydroxylation sites is 1. The first-order valence-corrected chi connectivity index (χ1v) is 11.9. The van der Waals surface area contributed by atoms with Crippen molar-refractivity contribution in [3.63, 3.8) is 0 Å². The van der Waals surface area contributed by atoms with Crippen molar-refractivity contribution in [2.45, 2.75) is 27.3 Å². The first-order valence-electron chi connectivity index (χ1n) is 11.0. The van der Waals surface area contributed by atoms with Crippen LogP contribution in [0, 0.1) is 20.8 Å². The number of hydrogen-bond donors (Lipinski definition) is 3. The third-order valence-corrected chi connectivity index (χ3v) is 6.83. The molecule has 1 aromatic heterocycles. The molecule has 1 heterocycles. The van der Waals surface area contributed by atoms with Crippen LogP contribution in [0.25, 0.3) is 0 Å². The van der Waals surface area contributed by atoms with Gasteiger partial charge in [-0.2, -0.15) is 0 Å². The molecule has 0 spiro atoms. The predicted molar refractivity (Wildman–Crippen MR) is 140 cm³/mol. The fraction of sp³-hybridized carbons (Fsp3) is 0.143. The first-order chi connectivity index (χ1) is 16.3. The third kappa shape index (κ3) is 4.87. The summed E-state index contributed by atoms with van der Waals surface area (Å²) in [5.74, 6) is -0.527. The van der Waals surface area contributed by atoms with Crippen LogP contribution >= 0.6 is 11.3 Å². The van der Waals surface area contributed by atoms with Crippen LogP contribution in [0.5, 0.6) is 0 Å². The molecule has 4 N–H and O–H groups in total. The Balaban J connectivity index is 1.71. The lowest BCUT2D eigenvalue weighted by Crippen LogP contribution is -2.24. The van der Waals surface area contributed by atoms with E-state index in [0.717, 1.165) is 27.9 Å². The van der Waals surface area contributed by atoms with Gasteiger partial charge in [0.25, 0.3) is 5.91 Å². The number of amides is 1. The van der Waals surface area contributed by atoms with Crippen LogP contribution in [0.2, 0.25) is 0 Å². The molecule has 0 unspecified atom stereocenters. The van der Waals surface area contributed by atoms with Crippen LogP contribution in [-0.2, 0) is 6.54 Å². The number of nitrogen functional groups attached to an aromatic ring is 1. The quantitative estimate of drug-likeness (QED) is 0.283. The fourth-order valence-corrected chi connectivity index (χ4v) is 4.83. The number of carbonyl (C=O) groups excluding carboxylic acids is 2.